The highest BCUT2D eigenvalue weighted by molar-refractivity contribution is 5.73. The molecule has 0 saturated heterocycles. The van der Waals surface area contributed by atoms with Gasteiger partial charge in [-0.2, -0.15) is 0 Å². The largest absolute Gasteiger partial charge is 0.480 e. The van der Waals surface area contributed by atoms with Crippen LogP contribution in [0.15, 0.2) is 0 Å². The fourth-order valence-corrected chi connectivity index (χ4v) is 1.64. The summed E-state index contributed by atoms with van der Waals surface area (Å²) in [6.07, 6.45) is 1.13. The summed E-state index contributed by atoms with van der Waals surface area (Å²) in [5.74, 6) is -0.138. The monoisotopic (exact) mass is 230 g/mol. The molecule has 0 radical (unpaired) electrons. The highest BCUT2D eigenvalue weighted by Crippen LogP contribution is 2.04. The van der Waals surface area contributed by atoms with Crippen LogP contribution in [0.3, 0.4) is 0 Å². The quantitative estimate of drug-likeness (QED) is 0.629. The van der Waals surface area contributed by atoms with Crippen molar-refractivity contribution >= 4 is 5.97 Å². The van der Waals surface area contributed by atoms with Crippen LogP contribution in [0.1, 0.15) is 34.1 Å². The van der Waals surface area contributed by atoms with Gasteiger partial charge in [0.1, 0.15) is 6.04 Å². The zero-order valence-electron chi connectivity index (χ0n) is 11.0. The second-order valence-corrected chi connectivity index (χ2v) is 4.31. The number of carboxylic acid groups (broad SMARTS) is 1. The van der Waals surface area contributed by atoms with Gasteiger partial charge in [-0.25, -0.2) is 0 Å². The zero-order chi connectivity index (χ0) is 12.6. The summed E-state index contributed by atoms with van der Waals surface area (Å²) in [6, 6.07) is -0.450. The molecule has 2 atom stereocenters. The summed E-state index contributed by atoms with van der Waals surface area (Å²) in [7, 11) is 0. The first-order valence-electron chi connectivity index (χ1n) is 6.23. The molecule has 96 valence electrons. The van der Waals surface area contributed by atoms with E-state index in [2.05, 4.69) is 31.0 Å². The minimum absolute atomic E-state index is 0.450. The molecule has 0 aromatic heterocycles. The first-order valence-corrected chi connectivity index (χ1v) is 6.23. The van der Waals surface area contributed by atoms with Gasteiger partial charge in [0, 0.05) is 13.1 Å². The molecule has 4 nitrogen and oxygen atoms in total. The maximum absolute atomic E-state index is 11.0. The third kappa shape index (κ3) is 6.08. The van der Waals surface area contributed by atoms with Crippen molar-refractivity contribution < 1.29 is 9.90 Å². The molecular formula is C12H26N2O2. The third-order valence-electron chi connectivity index (χ3n) is 2.90. The number of hydrogen-bond donors (Lipinski definition) is 2. The number of likely N-dealkylation sites (N-methyl/N-ethyl adjacent to an activating group) is 2. The van der Waals surface area contributed by atoms with Gasteiger partial charge in [-0.15, -0.1) is 0 Å². The Hall–Kier alpha value is -0.610. The molecule has 0 aliphatic rings. The Labute approximate surface area is 99.0 Å². The van der Waals surface area contributed by atoms with Crippen molar-refractivity contribution in [3.63, 3.8) is 0 Å². The van der Waals surface area contributed by atoms with E-state index in [1.807, 2.05) is 6.92 Å². The normalized spacial score (nSPS) is 15.1. The van der Waals surface area contributed by atoms with Crippen LogP contribution < -0.4 is 5.32 Å². The molecule has 0 fully saturated rings. The molecule has 0 saturated carbocycles. The van der Waals surface area contributed by atoms with Crippen LogP contribution in [0.5, 0.6) is 0 Å². The highest BCUT2D eigenvalue weighted by atomic mass is 16.4. The fraction of sp³-hybridized carbons (Fsp3) is 0.917. The third-order valence-corrected chi connectivity index (χ3v) is 2.90. The summed E-state index contributed by atoms with van der Waals surface area (Å²) in [6.45, 7) is 11.5. The van der Waals surface area contributed by atoms with Crippen molar-refractivity contribution in [3.05, 3.63) is 0 Å². The molecular weight excluding hydrogens is 204 g/mol. The highest BCUT2D eigenvalue weighted by Gasteiger charge is 2.19. The molecule has 0 heterocycles. The lowest BCUT2D eigenvalue weighted by Crippen LogP contribution is -2.47. The topological polar surface area (TPSA) is 52.6 Å². The smallest absolute Gasteiger partial charge is 0.322 e. The van der Waals surface area contributed by atoms with Gasteiger partial charge in [-0.05, 0) is 19.0 Å². The number of carbonyl (C=O) groups is 1. The Balaban J connectivity index is 4.20. The number of aliphatic carboxylic acids is 1. The number of nitrogens with zero attached hydrogens (tertiary/aromatic N) is 1. The lowest BCUT2D eigenvalue weighted by molar-refractivity contribution is -0.140. The first kappa shape index (κ1) is 15.4. The van der Waals surface area contributed by atoms with Crippen LogP contribution >= 0.6 is 0 Å². The van der Waals surface area contributed by atoms with E-state index in [-0.39, 0.29) is 0 Å². The van der Waals surface area contributed by atoms with Gasteiger partial charge in [0.2, 0.25) is 0 Å². The van der Waals surface area contributed by atoms with Gasteiger partial charge in [-0.3, -0.25) is 4.79 Å². The lowest BCUT2D eigenvalue weighted by atomic mass is 10.1. The van der Waals surface area contributed by atoms with Crippen molar-refractivity contribution in [1.29, 1.82) is 0 Å². The molecule has 16 heavy (non-hydrogen) atoms. The minimum atomic E-state index is -0.760. The van der Waals surface area contributed by atoms with Gasteiger partial charge in [0.15, 0.2) is 0 Å². The van der Waals surface area contributed by atoms with Crippen molar-refractivity contribution in [2.24, 2.45) is 5.92 Å². The Kier molecular flexibility index (Phi) is 8.21. The van der Waals surface area contributed by atoms with Crippen molar-refractivity contribution in [1.82, 2.24) is 10.2 Å². The van der Waals surface area contributed by atoms with Crippen molar-refractivity contribution in [2.45, 2.75) is 40.2 Å². The average molecular weight is 230 g/mol. The van der Waals surface area contributed by atoms with Crippen LogP contribution in [0.4, 0.5) is 0 Å². The van der Waals surface area contributed by atoms with Gasteiger partial charge in [0.05, 0.1) is 0 Å². The van der Waals surface area contributed by atoms with Crippen LogP contribution in [0.25, 0.3) is 0 Å². The standard InChI is InChI=1S/C12H26N2O2/c1-5-10(4)8-14(7-3)9-11(12(15)16)13-6-2/h10-11,13H,5-9H2,1-4H3,(H,15,16). The van der Waals surface area contributed by atoms with Crippen LogP contribution in [-0.2, 0) is 4.79 Å². The second-order valence-electron chi connectivity index (χ2n) is 4.31. The van der Waals surface area contributed by atoms with Gasteiger partial charge in [0.25, 0.3) is 0 Å². The summed E-state index contributed by atoms with van der Waals surface area (Å²) < 4.78 is 0. The van der Waals surface area contributed by atoms with E-state index in [9.17, 15) is 4.79 Å². The number of rotatable bonds is 9. The predicted octanol–water partition coefficient (Wildman–Crippen LogP) is 1.42. The Morgan fingerprint density at radius 3 is 2.31 bits per heavy atom. The molecule has 4 heteroatoms. The summed E-state index contributed by atoms with van der Waals surface area (Å²) in [4.78, 5) is 13.2. The zero-order valence-corrected chi connectivity index (χ0v) is 11.0. The van der Waals surface area contributed by atoms with E-state index >= 15 is 0 Å². The predicted molar refractivity (Wildman–Crippen MR) is 66.7 cm³/mol. The molecule has 0 spiro atoms. The second kappa shape index (κ2) is 8.53. The summed E-state index contributed by atoms with van der Waals surface area (Å²) in [5.41, 5.74) is 0. The number of nitrogens with one attached hydrogen (secondary N) is 1. The van der Waals surface area contributed by atoms with E-state index in [0.29, 0.717) is 19.0 Å². The summed E-state index contributed by atoms with van der Waals surface area (Å²) >= 11 is 0. The van der Waals surface area contributed by atoms with Crippen LogP contribution in [-0.4, -0.2) is 48.2 Å². The van der Waals surface area contributed by atoms with Crippen LogP contribution in [0.2, 0.25) is 0 Å². The maximum atomic E-state index is 11.0. The SMILES string of the molecule is CCNC(CN(CC)CC(C)CC)C(=O)O. The number of carboxylic acids is 1. The minimum Gasteiger partial charge on any atom is -0.480 e. The molecule has 0 aliphatic carbocycles. The number of hydrogen-bond acceptors (Lipinski definition) is 3. The molecule has 2 N–H and O–H groups in total. The Morgan fingerprint density at radius 1 is 1.31 bits per heavy atom. The molecule has 0 aromatic rings. The summed E-state index contributed by atoms with van der Waals surface area (Å²) in [5, 5.41) is 12.0. The molecule has 0 aromatic carbocycles. The average Bonchev–Trinajstić information content (AvgIpc) is 2.26. The molecule has 2 unspecified atom stereocenters. The van der Waals surface area contributed by atoms with Crippen molar-refractivity contribution in [2.75, 3.05) is 26.2 Å². The molecule has 0 amide bonds. The van der Waals surface area contributed by atoms with Gasteiger partial charge >= 0.3 is 5.97 Å². The lowest BCUT2D eigenvalue weighted by Gasteiger charge is -2.26. The van der Waals surface area contributed by atoms with Crippen LogP contribution in [0, 0.1) is 5.92 Å². The fourth-order valence-electron chi connectivity index (χ4n) is 1.64. The molecule has 0 rings (SSSR count). The Bertz CT molecular complexity index is 197. The van der Waals surface area contributed by atoms with E-state index < -0.39 is 12.0 Å². The van der Waals surface area contributed by atoms with Gasteiger partial charge in [-0.1, -0.05) is 34.1 Å². The Morgan fingerprint density at radius 2 is 1.94 bits per heavy atom. The van der Waals surface area contributed by atoms with E-state index in [4.69, 9.17) is 5.11 Å². The van der Waals surface area contributed by atoms with Gasteiger partial charge < -0.3 is 15.3 Å². The van der Waals surface area contributed by atoms with E-state index in [0.717, 1.165) is 19.5 Å². The van der Waals surface area contributed by atoms with E-state index in [1.165, 1.54) is 0 Å². The first-order chi connectivity index (χ1) is 7.54. The van der Waals surface area contributed by atoms with E-state index in [1.54, 1.807) is 0 Å². The van der Waals surface area contributed by atoms with Crippen molar-refractivity contribution in [3.8, 4) is 0 Å². The molecule has 0 bridgehead atoms. The maximum Gasteiger partial charge on any atom is 0.322 e. The molecule has 0 aliphatic heterocycles.